The first kappa shape index (κ1) is 13.3. The minimum Gasteiger partial charge on any atom is -0.486 e. The highest BCUT2D eigenvalue weighted by atomic mass is 79.9. The van der Waals surface area contributed by atoms with E-state index in [0.717, 1.165) is 4.47 Å². The van der Waals surface area contributed by atoms with Gasteiger partial charge in [0.05, 0.1) is 5.56 Å². The minimum atomic E-state index is -1.08. The van der Waals surface area contributed by atoms with Crippen LogP contribution in [0.3, 0.4) is 0 Å². The Morgan fingerprint density at radius 1 is 1.56 bits per heavy atom. The van der Waals surface area contributed by atoms with Crippen molar-refractivity contribution in [3.8, 4) is 5.75 Å². The normalized spacial score (nSPS) is 23.7. The number of nitrogens with one attached hydrogen (secondary N) is 1. The third kappa shape index (κ3) is 3.00. The van der Waals surface area contributed by atoms with Gasteiger partial charge in [-0.25, -0.2) is 4.39 Å². The molecule has 1 fully saturated rings. The van der Waals surface area contributed by atoms with Crippen LogP contribution in [-0.2, 0) is 0 Å². The Labute approximate surface area is 113 Å². The zero-order chi connectivity index (χ0) is 13.1. The highest BCUT2D eigenvalue weighted by molar-refractivity contribution is 9.10. The predicted molar refractivity (Wildman–Crippen MR) is 69.5 cm³/mol. The topological polar surface area (TPSA) is 64.4 Å². The molecule has 0 unspecified atom stereocenters. The van der Waals surface area contributed by atoms with Crippen molar-refractivity contribution >= 4 is 21.8 Å². The molecular weight excluding hydrogens is 303 g/mol. The van der Waals surface area contributed by atoms with Crippen molar-refractivity contribution in [3.05, 3.63) is 28.2 Å². The molecule has 0 aliphatic carbocycles. The van der Waals surface area contributed by atoms with E-state index in [1.54, 1.807) is 18.2 Å². The van der Waals surface area contributed by atoms with Gasteiger partial charge in [0.1, 0.15) is 18.0 Å². The molecule has 0 radical (unpaired) electrons. The summed E-state index contributed by atoms with van der Waals surface area (Å²) in [5, 5.41) is 2.94. The van der Waals surface area contributed by atoms with Gasteiger partial charge >= 0.3 is 0 Å². The Morgan fingerprint density at radius 3 is 3.00 bits per heavy atom. The number of primary amides is 1. The first-order valence-electron chi connectivity index (χ1n) is 5.68. The molecule has 0 spiro atoms. The zero-order valence-corrected chi connectivity index (χ0v) is 11.2. The molecule has 98 valence electrons. The number of hydrogen-bond acceptors (Lipinski definition) is 3. The monoisotopic (exact) mass is 316 g/mol. The van der Waals surface area contributed by atoms with E-state index in [0.29, 0.717) is 18.7 Å². The number of carbonyl (C=O) groups is 1. The van der Waals surface area contributed by atoms with Crippen molar-refractivity contribution in [1.82, 2.24) is 5.32 Å². The molecule has 18 heavy (non-hydrogen) atoms. The lowest BCUT2D eigenvalue weighted by atomic mass is 10.1. The Morgan fingerprint density at radius 2 is 2.33 bits per heavy atom. The Kier molecular flexibility index (Phi) is 4.19. The molecule has 0 saturated carbocycles. The van der Waals surface area contributed by atoms with Crippen molar-refractivity contribution in [3.63, 3.8) is 0 Å². The second kappa shape index (κ2) is 5.67. The van der Waals surface area contributed by atoms with E-state index in [1.807, 2.05) is 0 Å². The van der Waals surface area contributed by atoms with Gasteiger partial charge in [-0.1, -0.05) is 15.9 Å². The molecule has 1 aromatic rings. The van der Waals surface area contributed by atoms with Crippen molar-refractivity contribution in [2.24, 2.45) is 5.73 Å². The van der Waals surface area contributed by atoms with Gasteiger partial charge in [-0.05, 0) is 31.2 Å². The van der Waals surface area contributed by atoms with Gasteiger partial charge in [0.2, 0.25) is 0 Å². The third-order valence-electron chi connectivity index (χ3n) is 2.83. The maximum atomic E-state index is 13.6. The average Bonchev–Trinajstić information content (AvgIpc) is 2.34. The van der Waals surface area contributed by atoms with E-state index >= 15 is 0 Å². The second-order valence-electron chi connectivity index (χ2n) is 4.17. The van der Waals surface area contributed by atoms with Crippen LogP contribution in [0.15, 0.2) is 22.7 Å². The lowest BCUT2D eigenvalue weighted by Gasteiger charge is -2.28. The molecule has 1 aliphatic rings. The summed E-state index contributed by atoms with van der Waals surface area (Å²) in [5.74, 6) is -0.254. The van der Waals surface area contributed by atoms with Gasteiger partial charge in [-0.3, -0.25) is 4.79 Å². The molecule has 1 amide bonds. The highest BCUT2D eigenvalue weighted by Gasteiger charge is 2.27. The summed E-state index contributed by atoms with van der Waals surface area (Å²) in [7, 11) is 0. The number of alkyl halides is 1. The molecule has 1 aromatic carbocycles. The van der Waals surface area contributed by atoms with Crippen LogP contribution in [0.1, 0.15) is 16.8 Å². The molecule has 6 heteroatoms. The quantitative estimate of drug-likeness (QED) is 0.890. The standard InChI is InChI=1S/C12H14BrFN2O2/c13-7-1-2-10(8(5-7)12(15)17)18-11-3-4-16-6-9(11)14/h1-2,5,9,11,16H,3-4,6H2,(H2,15,17)/t9-,11+/m1/s1. The third-order valence-corrected chi connectivity index (χ3v) is 3.33. The number of piperidine rings is 1. The molecule has 0 bridgehead atoms. The van der Waals surface area contributed by atoms with Crippen molar-refractivity contribution in [1.29, 1.82) is 0 Å². The highest BCUT2D eigenvalue weighted by Crippen LogP contribution is 2.26. The fourth-order valence-electron chi connectivity index (χ4n) is 1.89. The molecule has 0 aromatic heterocycles. The van der Waals surface area contributed by atoms with Gasteiger partial charge in [-0.2, -0.15) is 0 Å². The van der Waals surface area contributed by atoms with Gasteiger partial charge in [0.15, 0.2) is 0 Å². The Balaban J connectivity index is 2.20. The molecule has 1 aliphatic heterocycles. The van der Waals surface area contributed by atoms with Gasteiger partial charge in [0.25, 0.3) is 5.91 Å². The summed E-state index contributed by atoms with van der Waals surface area (Å²) in [4.78, 5) is 11.3. The fourth-order valence-corrected chi connectivity index (χ4v) is 2.25. The molecule has 1 heterocycles. The smallest absolute Gasteiger partial charge is 0.252 e. The first-order chi connectivity index (χ1) is 8.58. The molecule has 1 saturated heterocycles. The number of hydrogen-bond donors (Lipinski definition) is 2. The second-order valence-corrected chi connectivity index (χ2v) is 5.09. The van der Waals surface area contributed by atoms with Gasteiger partial charge in [0, 0.05) is 11.0 Å². The average molecular weight is 317 g/mol. The van der Waals surface area contributed by atoms with Crippen LogP contribution in [0.5, 0.6) is 5.75 Å². The number of benzene rings is 1. The van der Waals surface area contributed by atoms with E-state index in [9.17, 15) is 9.18 Å². The number of halogens is 2. The lowest BCUT2D eigenvalue weighted by molar-refractivity contribution is 0.0713. The first-order valence-corrected chi connectivity index (χ1v) is 6.48. The summed E-state index contributed by atoms with van der Waals surface area (Å²) < 4.78 is 19.9. The van der Waals surface area contributed by atoms with Gasteiger partial charge < -0.3 is 15.8 Å². The zero-order valence-electron chi connectivity index (χ0n) is 9.66. The number of ether oxygens (including phenoxy) is 1. The van der Waals surface area contributed by atoms with Crippen LogP contribution in [-0.4, -0.2) is 31.3 Å². The van der Waals surface area contributed by atoms with E-state index in [-0.39, 0.29) is 12.1 Å². The maximum Gasteiger partial charge on any atom is 0.252 e. The largest absolute Gasteiger partial charge is 0.486 e. The number of nitrogens with two attached hydrogens (primary N) is 1. The van der Waals surface area contributed by atoms with Crippen LogP contribution in [0.2, 0.25) is 0 Å². The minimum absolute atomic E-state index is 0.259. The lowest BCUT2D eigenvalue weighted by Crippen LogP contribution is -2.44. The van der Waals surface area contributed by atoms with Crippen molar-refractivity contribution in [2.45, 2.75) is 18.7 Å². The van der Waals surface area contributed by atoms with E-state index in [4.69, 9.17) is 10.5 Å². The van der Waals surface area contributed by atoms with Crippen LogP contribution >= 0.6 is 15.9 Å². The van der Waals surface area contributed by atoms with E-state index < -0.39 is 18.2 Å². The SMILES string of the molecule is NC(=O)c1cc(Br)ccc1O[C@H]1CCNC[C@H]1F. The van der Waals surface area contributed by atoms with Crippen LogP contribution in [0, 0.1) is 0 Å². The number of carbonyl (C=O) groups excluding carboxylic acids is 1. The van der Waals surface area contributed by atoms with Gasteiger partial charge in [-0.15, -0.1) is 0 Å². The molecule has 2 atom stereocenters. The van der Waals surface area contributed by atoms with Crippen molar-refractivity contribution in [2.75, 3.05) is 13.1 Å². The van der Waals surface area contributed by atoms with Crippen LogP contribution < -0.4 is 15.8 Å². The summed E-state index contributed by atoms with van der Waals surface area (Å²) >= 11 is 3.25. The maximum absolute atomic E-state index is 13.6. The number of amides is 1. The summed E-state index contributed by atoms with van der Waals surface area (Å²) in [5.41, 5.74) is 5.54. The molecule has 2 rings (SSSR count). The number of rotatable bonds is 3. The Hall–Kier alpha value is -1.14. The fraction of sp³-hybridized carbons (Fsp3) is 0.417. The van der Waals surface area contributed by atoms with Crippen LogP contribution in [0.4, 0.5) is 4.39 Å². The Bertz CT molecular complexity index is 456. The summed E-state index contributed by atoms with van der Waals surface area (Å²) in [6, 6.07) is 4.93. The van der Waals surface area contributed by atoms with E-state index in [2.05, 4.69) is 21.2 Å². The molecule has 4 nitrogen and oxygen atoms in total. The summed E-state index contributed by atoms with van der Waals surface area (Å²) in [6.07, 6.45) is -1.05. The summed E-state index contributed by atoms with van der Waals surface area (Å²) in [6.45, 7) is 0.973. The molecule has 3 N–H and O–H groups in total. The molecular formula is C12H14BrFN2O2. The van der Waals surface area contributed by atoms with Crippen LogP contribution in [0.25, 0.3) is 0 Å². The van der Waals surface area contributed by atoms with Crippen molar-refractivity contribution < 1.29 is 13.9 Å². The van der Waals surface area contributed by atoms with E-state index in [1.165, 1.54) is 0 Å². The predicted octanol–water partition coefficient (Wildman–Crippen LogP) is 1.63.